The number of aryl methyl sites for hydroxylation is 2. The van der Waals surface area contributed by atoms with E-state index in [1.54, 1.807) is 0 Å². The van der Waals surface area contributed by atoms with Crippen molar-refractivity contribution in [2.45, 2.75) is 52.0 Å². The van der Waals surface area contributed by atoms with Crippen LogP contribution in [0.5, 0.6) is 0 Å². The minimum Gasteiger partial charge on any atom is -0.378 e. The van der Waals surface area contributed by atoms with Gasteiger partial charge >= 0.3 is 5.69 Å². The smallest absolute Gasteiger partial charge is 0.353 e. The van der Waals surface area contributed by atoms with Crippen LogP contribution in [0.3, 0.4) is 0 Å². The number of nitro groups is 1. The van der Waals surface area contributed by atoms with Crippen LogP contribution in [0.25, 0.3) is 0 Å². The molecule has 2 aromatic rings. The molecule has 0 aliphatic heterocycles. The van der Waals surface area contributed by atoms with Crippen LogP contribution >= 0.6 is 0 Å². The van der Waals surface area contributed by atoms with E-state index in [1.165, 1.54) is 12.0 Å². The van der Waals surface area contributed by atoms with E-state index in [1.807, 2.05) is 32.0 Å². The van der Waals surface area contributed by atoms with Gasteiger partial charge in [0.15, 0.2) is 0 Å². The van der Waals surface area contributed by atoms with Crippen LogP contribution in [0.15, 0.2) is 18.2 Å². The largest absolute Gasteiger partial charge is 0.378 e. The van der Waals surface area contributed by atoms with Crippen molar-refractivity contribution in [1.82, 2.24) is 9.97 Å². The van der Waals surface area contributed by atoms with E-state index in [9.17, 15) is 10.1 Å². The fourth-order valence-electron chi connectivity index (χ4n) is 3.20. The summed E-state index contributed by atoms with van der Waals surface area (Å²) in [5.41, 5.74) is 8.72. The van der Waals surface area contributed by atoms with Gasteiger partial charge in [-0.1, -0.05) is 25.3 Å². The molecule has 0 amide bonds. The summed E-state index contributed by atoms with van der Waals surface area (Å²) in [7, 11) is 0. The first-order valence-electron chi connectivity index (χ1n) is 8.87. The number of rotatable bonds is 5. The molecule has 1 heterocycles. The Morgan fingerprint density at radius 2 is 1.88 bits per heavy atom. The predicted molar refractivity (Wildman–Crippen MR) is 103 cm³/mol. The molecule has 0 spiro atoms. The fraction of sp³-hybridized carbons (Fsp3) is 0.444. The van der Waals surface area contributed by atoms with Crippen molar-refractivity contribution in [1.29, 1.82) is 0 Å². The molecule has 8 heteroatoms. The lowest BCUT2D eigenvalue weighted by molar-refractivity contribution is -0.383. The molecule has 0 radical (unpaired) electrons. The zero-order chi connectivity index (χ0) is 18.7. The van der Waals surface area contributed by atoms with Crippen molar-refractivity contribution in [2.75, 3.05) is 16.4 Å². The molecule has 1 aromatic carbocycles. The highest BCUT2D eigenvalue weighted by molar-refractivity contribution is 5.71. The average molecular weight is 356 g/mol. The summed E-state index contributed by atoms with van der Waals surface area (Å²) < 4.78 is 0. The molecule has 0 atom stereocenters. The maximum atomic E-state index is 11.4. The Labute approximate surface area is 152 Å². The summed E-state index contributed by atoms with van der Waals surface area (Å²) in [5.74, 6) is 0.282. The van der Waals surface area contributed by atoms with Crippen LogP contribution in [0.4, 0.5) is 29.0 Å². The van der Waals surface area contributed by atoms with Crippen molar-refractivity contribution < 1.29 is 4.92 Å². The molecule has 1 aliphatic carbocycles. The minimum absolute atomic E-state index is 0.144. The lowest BCUT2D eigenvalue weighted by Gasteiger charge is -2.23. The zero-order valence-electron chi connectivity index (χ0n) is 15.1. The summed E-state index contributed by atoms with van der Waals surface area (Å²) in [6.45, 7) is 4.05. The van der Waals surface area contributed by atoms with Gasteiger partial charge in [0.1, 0.15) is 0 Å². The first-order chi connectivity index (χ1) is 12.4. The highest BCUT2D eigenvalue weighted by Gasteiger charge is 2.25. The van der Waals surface area contributed by atoms with Crippen molar-refractivity contribution in [3.63, 3.8) is 0 Å². The summed E-state index contributed by atoms with van der Waals surface area (Å²) in [6.07, 6.45) is 5.37. The number of nitrogens with zero attached hydrogens (tertiary/aromatic N) is 3. The lowest BCUT2D eigenvalue weighted by Crippen LogP contribution is -2.24. The second-order valence-corrected chi connectivity index (χ2v) is 6.79. The molecular weight excluding hydrogens is 332 g/mol. The lowest BCUT2D eigenvalue weighted by atomic mass is 9.95. The molecule has 1 aliphatic rings. The topological polar surface area (TPSA) is 119 Å². The number of aromatic nitrogens is 2. The Hall–Kier alpha value is -2.90. The second kappa shape index (κ2) is 7.55. The van der Waals surface area contributed by atoms with Crippen LogP contribution in [0, 0.1) is 24.0 Å². The Morgan fingerprint density at radius 3 is 2.54 bits per heavy atom. The number of anilines is 4. The van der Waals surface area contributed by atoms with E-state index in [0.717, 1.165) is 36.9 Å². The summed E-state index contributed by atoms with van der Waals surface area (Å²) in [6, 6.07) is 6.06. The van der Waals surface area contributed by atoms with E-state index >= 15 is 0 Å². The van der Waals surface area contributed by atoms with Crippen LogP contribution in [-0.4, -0.2) is 20.9 Å². The maximum Gasteiger partial charge on any atom is 0.353 e. The fourth-order valence-corrected chi connectivity index (χ4v) is 3.20. The monoisotopic (exact) mass is 356 g/mol. The molecule has 0 saturated heterocycles. The Bertz CT molecular complexity index is 818. The van der Waals surface area contributed by atoms with E-state index in [-0.39, 0.29) is 29.3 Å². The number of hydrogen-bond donors (Lipinski definition) is 3. The SMILES string of the molecule is Cc1ccc(Nc2nc(N)c([N+](=O)[O-])c(NC3CCCCC3)n2)cc1C. The van der Waals surface area contributed by atoms with Gasteiger partial charge in [0.2, 0.25) is 17.6 Å². The molecule has 138 valence electrons. The number of benzene rings is 1. The van der Waals surface area contributed by atoms with Gasteiger partial charge in [0.25, 0.3) is 0 Å². The van der Waals surface area contributed by atoms with Crippen molar-refractivity contribution in [2.24, 2.45) is 0 Å². The number of hydrogen-bond acceptors (Lipinski definition) is 7. The van der Waals surface area contributed by atoms with Crippen LogP contribution in [-0.2, 0) is 0 Å². The Balaban J connectivity index is 1.90. The molecule has 1 aromatic heterocycles. The molecule has 1 saturated carbocycles. The van der Waals surface area contributed by atoms with E-state index in [2.05, 4.69) is 20.6 Å². The first-order valence-corrected chi connectivity index (χ1v) is 8.87. The molecule has 0 unspecified atom stereocenters. The number of nitrogens with one attached hydrogen (secondary N) is 2. The Morgan fingerprint density at radius 1 is 1.15 bits per heavy atom. The summed E-state index contributed by atoms with van der Waals surface area (Å²) in [5, 5.41) is 17.7. The second-order valence-electron chi connectivity index (χ2n) is 6.79. The third kappa shape index (κ3) is 4.01. The Kier molecular flexibility index (Phi) is 5.20. The number of nitrogen functional groups attached to an aromatic ring is 1. The average Bonchev–Trinajstić information content (AvgIpc) is 2.58. The summed E-state index contributed by atoms with van der Waals surface area (Å²) >= 11 is 0. The van der Waals surface area contributed by atoms with E-state index in [0.29, 0.717) is 0 Å². The molecule has 4 N–H and O–H groups in total. The number of nitrogens with two attached hydrogens (primary N) is 1. The van der Waals surface area contributed by atoms with Gasteiger partial charge in [-0.25, -0.2) is 0 Å². The highest BCUT2D eigenvalue weighted by atomic mass is 16.6. The third-order valence-corrected chi connectivity index (χ3v) is 4.80. The van der Waals surface area contributed by atoms with Gasteiger partial charge in [-0.2, -0.15) is 9.97 Å². The maximum absolute atomic E-state index is 11.4. The summed E-state index contributed by atoms with van der Waals surface area (Å²) in [4.78, 5) is 19.3. The molecule has 1 fully saturated rings. The molecule has 3 rings (SSSR count). The molecular formula is C18H24N6O2. The molecule has 0 bridgehead atoms. The third-order valence-electron chi connectivity index (χ3n) is 4.80. The van der Waals surface area contributed by atoms with Gasteiger partial charge in [0, 0.05) is 11.7 Å². The van der Waals surface area contributed by atoms with Crippen molar-refractivity contribution in [3.05, 3.63) is 39.4 Å². The minimum atomic E-state index is -0.527. The van der Waals surface area contributed by atoms with Crippen molar-refractivity contribution in [3.8, 4) is 0 Å². The van der Waals surface area contributed by atoms with Gasteiger partial charge in [-0.15, -0.1) is 0 Å². The van der Waals surface area contributed by atoms with Crippen LogP contribution in [0.2, 0.25) is 0 Å². The van der Waals surface area contributed by atoms with Gasteiger partial charge in [-0.05, 0) is 49.9 Å². The van der Waals surface area contributed by atoms with E-state index < -0.39 is 4.92 Å². The van der Waals surface area contributed by atoms with Crippen molar-refractivity contribution >= 4 is 29.0 Å². The predicted octanol–water partition coefficient (Wildman–Crippen LogP) is 4.07. The molecule has 26 heavy (non-hydrogen) atoms. The zero-order valence-corrected chi connectivity index (χ0v) is 15.1. The van der Waals surface area contributed by atoms with Crippen LogP contribution < -0.4 is 16.4 Å². The van der Waals surface area contributed by atoms with Crippen LogP contribution in [0.1, 0.15) is 43.2 Å². The quantitative estimate of drug-likeness (QED) is 0.545. The van der Waals surface area contributed by atoms with Gasteiger partial charge < -0.3 is 16.4 Å². The first kappa shape index (κ1) is 17.9. The highest BCUT2D eigenvalue weighted by Crippen LogP contribution is 2.32. The normalized spacial score (nSPS) is 14.8. The van der Waals surface area contributed by atoms with Gasteiger partial charge in [-0.3, -0.25) is 10.1 Å². The van der Waals surface area contributed by atoms with Gasteiger partial charge in [0.05, 0.1) is 4.92 Å². The standard InChI is InChI=1S/C18H24N6O2/c1-11-8-9-14(10-12(11)2)21-18-22-16(19)15(24(25)26)17(23-18)20-13-6-4-3-5-7-13/h8-10,13H,3-7H2,1-2H3,(H4,19,20,21,22,23). The molecule has 8 nitrogen and oxygen atoms in total. The van der Waals surface area contributed by atoms with E-state index in [4.69, 9.17) is 5.73 Å².